The van der Waals surface area contributed by atoms with Crippen LogP contribution in [0, 0.1) is 17.8 Å². The monoisotopic (exact) mass is 308 g/mol. The smallest absolute Gasteiger partial charge is 0.225 e. The van der Waals surface area contributed by atoms with E-state index in [1.54, 1.807) is 0 Å². The Hall–Kier alpha value is -1.06. The number of nitrogens with zero attached hydrogens (tertiary/aromatic N) is 1. The molecule has 0 aromatic rings. The van der Waals surface area contributed by atoms with Crippen molar-refractivity contribution < 1.29 is 9.59 Å². The highest BCUT2D eigenvalue weighted by Gasteiger charge is 2.34. The highest BCUT2D eigenvalue weighted by atomic mass is 16.2. The molecule has 22 heavy (non-hydrogen) atoms. The van der Waals surface area contributed by atoms with Crippen molar-refractivity contribution in [2.45, 2.75) is 77.7 Å². The Kier molecular flexibility index (Phi) is 6.27. The Morgan fingerprint density at radius 3 is 2.23 bits per heavy atom. The second kappa shape index (κ2) is 7.98. The number of nitrogens with two attached hydrogens (primary N) is 1. The maximum absolute atomic E-state index is 13.0. The standard InChI is InChI=1S/C18H32N2O2/c1-13(2)12-16-6-4-3-5-11-20(16)18(22)15-9-7-14(8-10-15)17(19)21/h13-16H,3-12H2,1-2H3,(H2,19,21)/t14?,15?,16-/m0/s1. The van der Waals surface area contributed by atoms with Crippen LogP contribution < -0.4 is 5.73 Å². The molecular formula is C18H32N2O2. The predicted octanol–water partition coefficient (Wildman–Crippen LogP) is 3.10. The van der Waals surface area contributed by atoms with Crippen LogP contribution in [0.4, 0.5) is 0 Å². The number of rotatable bonds is 4. The topological polar surface area (TPSA) is 63.4 Å². The fourth-order valence-electron chi connectivity index (χ4n) is 4.12. The summed E-state index contributed by atoms with van der Waals surface area (Å²) in [6.45, 7) is 5.41. The van der Waals surface area contributed by atoms with E-state index in [1.165, 1.54) is 12.8 Å². The average Bonchev–Trinajstić information content (AvgIpc) is 2.71. The molecule has 1 atom stereocenters. The molecule has 0 bridgehead atoms. The van der Waals surface area contributed by atoms with Gasteiger partial charge in [0.1, 0.15) is 0 Å². The highest BCUT2D eigenvalue weighted by Crippen LogP contribution is 2.32. The molecule has 0 unspecified atom stereocenters. The van der Waals surface area contributed by atoms with Crippen molar-refractivity contribution in [2.24, 2.45) is 23.5 Å². The van der Waals surface area contributed by atoms with Gasteiger partial charge in [0, 0.05) is 24.4 Å². The van der Waals surface area contributed by atoms with Gasteiger partial charge in [-0.2, -0.15) is 0 Å². The summed E-state index contributed by atoms with van der Waals surface area (Å²) < 4.78 is 0. The summed E-state index contributed by atoms with van der Waals surface area (Å²) in [5, 5.41) is 0. The van der Waals surface area contributed by atoms with Crippen LogP contribution in [-0.4, -0.2) is 29.3 Å². The van der Waals surface area contributed by atoms with Crippen LogP contribution in [0.25, 0.3) is 0 Å². The maximum Gasteiger partial charge on any atom is 0.225 e. The van der Waals surface area contributed by atoms with E-state index in [0.29, 0.717) is 17.9 Å². The molecule has 1 saturated heterocycles. The van der Waals surface area contributed by atoms with Crippen molar-refractivity contribution in [1.82, 2.24) is 4.90 Å². The van der Waals surface area contributed by atoms with Gasteiger partial charge in [-0.1, -0.05) is 26.7 Å². The molecule has 2 rings (SSSR count). The molecule has 4 nitrogen and oxygen atoms in total. The third-order valence-corrected chi connectivity index (χ3v) is 5.38. The fraction of sp³-hybridized carbons (Fsp3) is 0.889. The Morgan fingerprint density at radius 2 is 1.64 bits per heavy atom. The quantitative estimate of drug-likeness (QED) is 0.867. The van der Waals surface area contributed by atoms with Gasteiger partial charge in [0.2, 0.25) is 11.8 Å². The van der Waals surface area contributed by atoms with E-state index < -0.39 is 0 Å². The number of amides is 2. The third-order valence-electron chi connectivity index (χ3n) is 5.38. The fourth-order valence-corrected chi connectivity index (χ4v) is 4.12. The first-order valence-electron chi connectivity index (χ1n) is 9.08. The summed E-state index contributed by atoms with van der Waals surface area (Å²) in [4.78, 5) is 26.4. The molecule has 1 saturated carbocycles. The number of hydrogen-bond donors (Lipinski definition) is 1. The highest BCUT2D eigenvalue weighted by molar-refractivity contribution is 5.80. The molecule has 0 aromatic heterocycles. The molecule has 1 aliphatic heterocycles. The van der Waals surface area contributed by atoms with Gasteiger partial charge in [-0.25, -0.2) is 0 Å². The summed E-state index contributed by atoms with van der Waals surface area (Å²) in [6, 6.07) is 0.420. The van der Waals surface area contributed by atoms with Crippen LogP contribution in [0.5, 0.6) is 0 Å². The van der Waals surface area contributed by atoms with Crippen LogP contribution >= 0.6 is 0 Å². The first-order chi connectivity index (χ1) is 10.5. The lowest BCUT2D eigenvalue weighted by Gasteiger charge is -2.36. The molecule has 126 valence electrons. The van der Waals surface area contributed by atoms with E-state index in [0.717, 1.165) is 51.5 Å². The third kappa shape index (κ3) is 4.47. The summed E-state index contributed by atoms with van der Waals surface area (Å²) in [6.07, 6.45) is 9.12. The van der Waals surface area contributed by atoms with E-state index in [9.17, 15) is 9.59 Å². The minimum absolute atomic E-state index is 0.0142. The van der Waals surface area contributed by atoms with Crippen molar-refractivity contribution in [3.8, 4) is 0 Å². The first kappa shape index (κ1) is 17.3. The molecule has 2 amide bonds. The summed E-state index contributed by atoms with van der Waals surface area (Å²) in [5.74, 6) is 0.876. The van der Waals surface area contributed by atoms with E-state index in [-0.39, 0.29) is 17.7 Å². The van der Waals surface area contributed by atoms with E-state index in [1.807, 2.05) is 0 Å². The number of hydrogen-bond acceptors (Lipinski definition) is 2. The second-order valence-electron chi connectivity index (χ2n) is 7.62. The van der Waals surface area contributed by atoms with Gasteiger partial charge in [0.15, 0.2) is 0 Å². The largest absolute Gasteiger partial charge is 0.369 e. The van der Waals surface area contributed by atoms with Crippen LogP contribution in [0.2, 0.25) is 0 Å². The van der Waals surface area contributed by atoms with Crippen molar-refractivity contribution >= 4 is 11.8 Å². The lowest BCUT2D eigenvalue weighted by atomic mass is 9.80. The van der Waals surface area contributed by atoms with Crippen molar-refractivity contribution in [3.05, 3.63) is 0 Å². The Bertz CT molecular complexity index is 387. The zero-order valence-corrected chi connectivity index (χ0v) is 14.2. The molecule has 4 heteroatoms. The molecule has 0 aromatic carbocycles. The van der Waals surface area contributed by atoms with Crippen molar-refractivity contribution in [3.63, 3.8) is 0 Å². The second-order valence-corrected chi connectivity index (χ2v) is 7.62. The number of primary amides is 1. The van der Waals surface area contributed by atoms with Crippen LogP contribution in [0.1, 0.15) is 71.6 Å². The number of carbonyl (C=O) groups is 2. The normalized spacial score (nSPS) is 30.1. The number of likely N-dealkylation sites (tertiary alicyclic amines) is 1. The van der Waals surface area contributed by atoms with Gasteiger partial charge >= 0.3 is 0 Å². The zero-order chi connectivity index (χ0) is 16.1. The van der Waals surface area contributed by atoms with Crippen LogP contribution in [0.3, 0.4) is 0 Å². The summed E-state index contributed by atoms with van der Waals surface area (Å²) >= 11 is 0. The van der Waals surface area contributed by atoms with Gasteiger partial charge in [0.05, 0.1) is 0 Å². The minimum atomic E-state index is -0.196. The maximum atomic E-state index is 13.0. The zero-order valence-electron chi connectivity index (χ0n) is 14.2. The molecule has 2 fully saturated rings. The number of carbonyl (C=O) groups excluding carboxylic acids is 2. The van der Waals surface area contributed by atoms with E-state index in [4.69, 9.17) is 5.73 Å². The SMILES string of the molecule is CC(C)C[C@@H]1CCCCCN1C(=O)C1CCC(C(N)=O)CC1. The summed E-state index contributed by atoms with van der Waals surface area (Å²) in [5.41, 5.74) is 5.39. The minimum Gasteiger partial charge on any atom is -0.369 e. The van der Waals surface area contributed by atoms with Gasteiger partial charge in [0.25, 0.3) is 0 Å². The van der Waals surface area contributed by atoms with Gasteiger partial charge in [-0.15, -0.1) is 0 Å². The molecule has 1 heterocycles. The molecule has 0 spiro atoms. The van der Waals surface area contributed by atoms with Crippen molar-refractivity contribution in [2.75, 3.05) is 6.54 Å². The van der Waals surface area contributed by atoms with Crippen LogP contribution in [-0.2, 0) is 9.59 Å². The first-order valence-corrected chi connectivity index (χ1v) is 9.08. The predicted molar refractivity (Wildman–Crippen MR) is 88.1 cm³/mol. The van der Waals surface area contributed by atoms with Gasteiger partial charge in [-0.05, 0) is 50.9 Å². The molecule has 1 aliphatic carbocycles. The average molecular weight is 308 g/mol. The molecule has 0 radical (unpaired) electrons. The Labute approximate surface area is 134 Å². The molecule has 2 aliphatic rings. The van der Waals surface area contributed by atoms with Gasteiger partial charge in [-0.3, -0.25) is 9.59 Å². The lowest BCUT2D eigenvalue weighted by Crippen LogP contribution is -2.45. The van der Waals surface area contributed by atoms with Crippen LogP contribution in [0.15, 0.2) is 0 Å². The molecular weight excluding hydrogens is 276 g/mol. The molecule has 2 N–H and O–H groups in total. The lowest BCUT2D eigenvalue weighted by molar-refractivity contribution is -0.140. The van der Waals surface area contributed by atoms with Crippen molar-refractivity contribution in [1.29, 1.82) is 0 Å². The summed E-state index contributed by atoms with van der Waals surface area (Å²) in [7, 11) is 0. The van der Waals surface area contributed by atoms with E-state index in [2.05, 4.69) is 18.7 Å². The Balaban J connectivity index is 1.97. The van der Waals surface area contributed by atoms with Gasteiger partial charge < -0.3 is 10.6 Å². The van der Waals surface area contributed by atoms with E-state index >= 15 is 0 Å². The Morgan fingerprint density at radius 1 is 1.00 bits per heavy atom.